The minimum Gasteiger partial charge on any atom is -0.497 e. The molecule has 1 aromatic rings. The number of nitrogens with one attached hydrogen (secondary N) is 1. The Kier molecular flexibility index (Phi) is 5.55. The van der Waals surface area contributed by atoms with Gasteiger partial charge in [-0.3, -0.25) is 9.59 Å². The molecule has 1 fully saturated rings. The Balaban J connectivity index is 1.76. The van der Waals surface area contributed by atoms with Gasteiger partial charge in [0, 0.05) is 24.9 Å². The Morgan fingerprint density at radius 2 is 2.00 bits per heavy atom. The molecule has 0 aliphatic heterocycles. The van der Waals surface area contributed by atoms with E-state index in [2.05, 4.69) is 5.32 Å². The van der Waals surface area contributed by atoms with Gasteiger partial charge in [0.05, 0.1) is 12.7 Å². The van der Waals surface area contributed by atoms with E-state index >= 15 is 0 Å². The molecule has 1 aliphatic rings. The van der Waals surface area contributed by atoms with E-state index in [-0.39, 0.29) is 31.1 Å². The highest BCUT2D eigenvalue weighted by Crippen LogP contribution is 2.28. The molecule has 0 unspecified atom stereocenters. The largest absolute Gasteiger partial charge is 0.497 e. The van der Waals surface area contributed by atoms with Crippen LogP contribution in [0.25, 0.3) is 0 Å². The van der Waals surface area contributed by atoms with Crippen molar-refractivity contribution < 1.29 is 19.4 Å². The predicted octanol–water partition coefficient (Wildman–Crippen LogP) is 2.08. The highest BCUT2D eigenvalue weighted by Gasteiger charge is 2.31. The number of ketones is 1. The zero-order chi connectivity index (χ0) is 16.0. The summed E-state index contributed by atoms with van der Waals surface area (Å²) in [6.07, 6.45) is 3.75. The SMILES string of the molecule is COc1cccc(C(=O)CCC(=O)NCC2(O)CCCC2)c1. The van der Waals surface area contributed by atoms with Crippen LogP contribution in [0.3, 0.4) is 0 Å². The predicted molar refractivity (Wildman–Crippen MR) is 83.0 cm³/mol. The van der Waals surface area contributed by atoms with Crippen LogP contribution in [0.5, 0.6) is 5.75 Å². The fourth-order valence-electron chi connectivity index (χ4n) is 2.73. The van der Waals surface area contributed by atoms with Crippen molar-refractivity contribution in [2.24, 2.45) is 0 Å². The Labute approximate surface area is 130 Å². The number of aliphatic hydroxyl groups is 1. The Morgan fingerprint density at radius 3 is 2.68 bits per heavy atom. The fourth-order valence-corrected chi connectivity index (χ4v) is 2.73. The molecule has 1 amide bonds. The molecule has 0 heterocycles. The molecular weight excluding hydrogens is 282 g/mol. The number of Topliss-reactive ketones (excluding diaryl/α,β-unsaturated/α-hetero) is 1. The van der Waals surface area contributed by atoms with Gasteiger partial charge in [-0.1, -0.05) is 25.0 Å². The average molecular weight is 305 g/mol. The summed E-state index contributed by atoms with van der Waals surface area (Å²) in [6.45, 7) is 0.277. The molecule has 0 saturated heterocycles. The summed E-state index contributed by atoms with van der Waals surface area (Å²) in [7, 11) is 1.55. The van der Waals surface area contributed by atoms with Crippen molar-refractivity contribution >= 4 is 11.7 Å². The van der Waals surface area contributed by atoms with E-state index < -0.39 is 5.60 Å². The van der Waals surface area contributed by atoms with Crippen LogP contribution in [-0.2, 0) is 4.79 Å². The normalized spacial score (nSPS) is 16.3. The monoisotopic (exact) mass is 305 g/mol. The van der Waals surface area contributed by atoms with E-state index in [1.165, 1.54) is 0 Å². The maximum Gasteiger partial charge on any atom is 0.220 e. The summed E-state index contributed by atoms with van der Waals surface area (Å²) in [4.78, 5) is 23.9. The van der Waals surface area contributed by atoms with E-state index in [0.717, 1.165) is 25.7 Å². The van der Waals surface area contributed by atoms with Gasteiger partial charge in [-0.05, 0) is 25.0 Å². The van der Waals surface area contributed by atoms with Crippen molar-refractivity contribution in [3.05, 3.63) is 29.8 Å². The van der Waals surface area contributed by atoms with Crippen molar-refractivity contribution in [3.8, 4) is 5.75 Å². The summed E-state index contributed by atoms with van der Waals surface area (Å²) in [5, 5.41) is 12.9. The first-order valence-corrected chi connectivity index (χ1v) is 7.69. The number of hydrogen-bond donors (Lipinski definition) is 2. The number of carbonyl (C=O) groups excluding carboxylic acids is 2. The second-order valence-electron chi connectivity index (χ2n) is 5.86. The van der Waals surface area contributed by atoms with Crippen LogP contribution >= 0.6 is 0 Å². The quantitative estimate of drug-likeness (QED) is 0.756. The molecule has 1 aromatic carbocycles. The second kappa shape index (κ2) is 7.40. The lowest BCUT2D eigenvalue weighted by molar-refractivity contribution is -0.122. The van der Waals surface area contributed by atoms with E-state index in [4.69, 9.17) is 4.74 Å². The molecule has 0 spiro atoms. The van der Waals surface area contributed by atoms with Gasteiger partial charge in [-0.25, -0.2) is 0 Å². The lowest BCUT2D eigenvalue weighted by Crippen LogP contribution is -2.40. The van der Waals surface area contributed by atoms with Gasteiger partial charge < -0.3 is 15.2 Å². The molecule has 22 heavy (non-hydrogen) atoms. The zero-order valence-corrected chi connectivity index (χ0v) is 12.9. The van der Waals surface area contributed by atoms with Gasteiger partial charge in [0.1, 0.15) is 5.75 Å². The van der Waals surface area contributed by atoms with E-state index in [0.29, 0.717) is 11.3 Å². The first-order chi connectivity index (χ1) is 10.5. The van der Waals surface area contributed by atoms with Crippen LogP contribution in [0.4, 0.5) is 0 Å². The molecule has 0 atom stereocenters. The van der Waals surface area contributed by atoms with Crippen molar-refractivity contribution in [1.29, 1.82) is 0 Å². The topological polar surface area (TPSA) is 75.6 Å². The number of amides is 1. The number of carbonyl (C=O) groups is 2. The number of ether oxygens (including phenoxy) is 1. The Morgan fingerprint density at radius 1 is 1.27 bits per heavy atom. The minimum absolute atomic E-state index is 0.0892. The molecule has 2 rings (SSSR count). The first kappa shape index (κ1) is 16.5. The smallest absolute Gasteiger partial charge is 0.220 e. The Hall–Kier alpha value is -1.88. The third-order valence-electron chi connectivity index (χ3n) is 4.12. The molecule has 5 heteroatoms. The minimum atomic E-state index is -0.757. The van der Waals surface area contributed by atoms with Crippen LogP contribution in [-0.4, -0.2) is 36.1 Å². The average Bonchev–Trinajstić information content (AvgIpc) is 2.98. The summed E-state index contributed by atoms with van der Waals surface area (Å²) in [5.74, 6) is 0.337. The highest BCUT2D eigenvalue weighted by molar-refractivity contribution is 5.98. The fraction of sp³-hybridized carbons (Fsp3) is 0.529. The third-order valence-corrected chi connectivity index (χ3v) is 4.12. The van der Waals surface area contributed by atoms with Gasteiger partial charge in [0.2, 0.25) is 5.91 Å². The molecule has 0 radical (unpaired) electrons. The number of rotatable bonds is 7. The summed E-state index contributed by atoms with van der Waals surface area (Å²) < 4.78 is 5.08. The van der Waals surface area contributed by atoms with Gasteiger partial charge in [-0.2, -0.15) is 0 Å². The molecule has 2 N–H and O–H groups in total. The molecule has 120 valence electrons. The molecule has 1 saturated carbocycles. The summed E-state index contributed by atoms with van der Waals surface area (Å²) in [5.41, 5.74) is -0.214. The van der Waals surface area contributed by atoms with Crippen LogP contribution in [0.1, 0.15) is 48.9 Å². The van der Waals surface area contributed by atoms with Crippen LogP contribution in [0, 0.1) is 0 Å². The zero-order valence-electron chi connectivity index (χ0n) is 12.9. The number of hydrogen-bond acceptors (Lipinski definition) is 4. The highest BCUT2D eigenvalue weighted by atomic mass is 16.5. The number of methoxy groups -OCH3 is 1. The maximum atomic E-state index is 12.1. The molecule has 1 aliphatic carbocycles. The standard InChI is InChI=1S/C17H23NO4/c1-22-14-6-4-5-13(11-14)15(19)7-8-16(20)18-12-17(21)9-2-3-10-17/h4-6,11,21H,2-3,7-10,12H2,1H3,(H,18,20). The Bertz CT molecular complexity index is 535. The molecule has 0 aromatic heterocycles. The van der Waals surface area contributed by atoms with Crippen molar-refractivity contribution in [1.82, 2.24) is 5.32 Å². The molecule has 0 bridgehead atoms. The van der Waals surface area contributed by atoms with Gasteiger partial charge in [-0.15, -0.1) is 0 Å². The van der Waals surface area contributed by atoms with E-state index in [1.54, 1.807) is 31.4 Å². The van der Waals surface area contributed by atoms with Gasteiger partial charge >= 0.3 is 0 Å². The van der Waals surface area contributed by atoms with Crippen LogP contribution in [0.2, 0.25) is 0 Å². The lowest BCUT2D eigenvalue weighted by Gasteiger charge is -2.22. The van der Waals surface area contributed by atoms with Gasteiger partial charge in [0.15, 0.2) is 5.78 Å². The molecular formula is C17H23NO4. The summed E-state index contributed by atoms with van der Waals surface area (Å²) >= 11 is 0. The van der Waals surface area contributed by atoms with Gasteiger partial charge in [0.25, 0.3) is 0 Å². The second-order valence-corrected chi connectivity index (χ2v) is 5.86. The van der Waals surface area contributed by atoms with E-state index in [9.17, 15) is 14.7 Å². The molecule has 5 nitrogen and oxygen atoms in total. The first-order valence-electron chi connectivity index (χ1n) is 7.69. The van der Waals surface area contributed by atoms with Crippen molar-refractivity contribution in [3.63, 3.8) is 0 Å². The summed E-state index contributed by atoms with van der Waals surface area (Å²) in [6, 6.07) is 6.90. The lowest BCUT2D eigenvalue weighted by atomic mass is 10.0. The van der Waals surface area contributed by atoms with Crippen LogP contribution in [0.15, 0.2) is 24.3 Å². The van der Waals surface area contributed by atoms with Crippen molar-refractivity contribution in [2.45, 2.75) is 44.1 Å². The number of benzene rings is 1. The maximum absolute atomic E-state index is 12.1. The van der Waals surface area contributed by atoms with Crippen LogP contribution < -0.4 is 10.1 Å². The van der Waals surface area contributed by atoms with E-state index in [1.807, 2.05) is 0 Å². The third kappa shape index (κ3) is 4.56. The van der Waals surface area contributed by atoms with Crippen molar-refractivity contribution in [2.75, 3.05) is 13.7 Å².